The highest BCUT2D eigenvalue weighted by Gasteiger charge is 2.31. The predicted molar refractivity (Wildman–Crippen MR) is 130 cm³/mol. The Morgan fingerprint density at radius 3 is 2.61 bits per heavy atom. The lowest BCUT2D eigenvalue weighted by atomic mass is 10.1. The Morgan fingerprint density at radius 1 is 1.16 bits per heavy atom. The third kappa shape index (κ3) is 6.94. The molecule has 0 aromatic heterocycles. The van der Waals surface area contributed by atoms with E-state index < -0.39 is 0 Å². The third-order valence-electron chi connectivity index (χ3n) is 4.73. The lowest BCUT2D eigenvalue weighted by molar-refractivity contribution is -0.123. The highest BCUT2D eigenvalue weighted by molar-refractivity contribution is 8.26. The van der Waals surface area contributed by atoms with Crippen LogP contribution in [0.2, 0.25) is 0 Å². The van der Waals surface area contributed by atoms with Gasteiger partial charge in [0.05, 0.1) is 11.5 Å². The summed E-state index contributed by atoms with van der Waals surface area (Å²) in [7, 11) is 0. The molecule has 3 rings (SSSR count). The van der Waals surface area contributed by atoms with E-state index in [-0.39, 0.29) is 11.8 Å². The minimum Gasteiger partial charge on any atom is -0.494 e. The number of hydrogen-bond acceptors (Lipinski definition) is 5. The van der Waals surface area contributed by atoms with Crippen molar-refractivity contribution in [2.24, 2.45) is 0 Å². The van der Waals surface area contributed by atoms with Crippen molar-refractivity contribution in [3.05, 3.63) is 70.6 Å². The van der Waals surface area contributed by atoms with Gasteiger partial charge in [0.1, 0.15) is 10.1 Å². The first-order valence-electron chi connectivity index (χ1n) is 10.4. The van der Waals surface area contributed by atoms with Crippen molar-refractivity contribution < 1.29 is 14.3 Å². The molecule has 1 heterocycles. The van der Waals surface area contributed by atoms with E-state index >= 15 is 0 Å². The van der Waals surface area contributed by atoms with Gasteiger partial charge < -0.3 is 10.1 Å². The smallest absolute Gasteiger partial charge is 0.266 e. The fourth-order valence-corrected chi connectivity index (χ4v) is 4.46. The van der Waals surface area contributed by atoms with Gasteiger partial charge in [0.15, 0.2) is 0 Å². The number of ether oxygens (including phenoxy) is 1. The fraction of sp³-hybridized carbons (Fsp3) is 0.292. The Labute approximate surface area is 192 Å². The van der Waals surface area contributed by atoms with Crippen molar-refractivity contribution in [2.45, 2.75) is 26.2 Å². The molecule has 0 radical (unpaired) electrons. The monoisotopic (exact) mass is 454 g/mol. The fourth-order valence-electron chi connectivity index (χ4n) is 3.15. The second kappa shape index (κ2) is 11.7. The molecule has 1 aliphatic heterocycles. The van der Waals surface area contributed by atoms with Crippen LogP contribution in [0.15, 0.2) is 59.5 Å². The summed E-state index contributed by atoms with van der Waals surface area (Å²) in [6, 6.07) is 17.6. The quantitative estimate of drug-likeness (QED) is 0.425. The molecule has 1 N–H and O–H groups in total. The van der Waals surface area contributed by atoms with Crippen molar-refractivity contribution in [3.63, 3.8) is 0 Å². The SMILES string of the molecule is CCOc1ccc(/C=C2\SC(=S)N(CCCC(=O)NCCc3ccccc3)C2=O)cc1. The van der Waals surface area contributed by atoms with Crippen LogP contribution in [-0.4, -0.2) is 40.7 Å². The molecule has 1 aliphatic rings. The van der Waals surface area contributed by atoms with E-state index in [0.717, 1.165) is 17.7 Å². The zero-order valence-electron chi connectivity index (χ0n) is 17.5. The number of carbonyl (C=O) groups is 2. The maximum absolute atomic E-state index is 12.7. The van der Waals surface area contributed by atoms with Crippen LogP contribution in [-0.2, 0) is 16.0 Å². The van der Waals surface area contributed by atoms with Gasteiger partial charge in [-0.25, -0.2) is 0 Å². The topological polar surface area (TPSA) is 58.6 Å². The number of carbonyl (C=O) groups excluding carboxylic acids is 2. The number of thioether (sulfide) groups is 1. The van der Waals surface area contributed by atoms with Gasteiger partial charge in [0.25, 0.3) is 5.91 Å². The number of thiocarbonyl (C=S) groups is 1. The Balaban J connectivity index is 1.43. The highest BCUT2D eigenvalue weighted by atomic mass is 32.2. The summed E-state index contributed by atoms with van der Waals surface area (Å²) in [6.07, 6.45) is 3.58. The van der Waals surface area contributed by atoms with E-state index in [1.165, 1.54) is 17.3 Å². The summed E-state index contributed by atoms with van der Waals surface area (Å²) in [6.45, 7) is 3.60. The Kier molecular flexibility index (Phi) is 8.67. The standard InChI is InChI=1S/C24H26N2O3S2/c1-2-29-20-12-10-19(11-13-20)17-21-23(28)26(24(30)31-21)16-6-9-22(27)25-15-14-18-7-4-3-5-8-18/h3-5,7-8,10-13,17H,2,6,9,14-16H2,1H3,(H,25,27)/b21-17-. The van der Waals surface area contributed by atoms with Crippen molar-refractivity contribution >= 4 is 46.2 Å². The zero-order chi connectivity index (χ0) is 22.1. The lowest BCUT2D eigenvalue weighted by Gasteiger charge is -2.14. The molecule has 2 amide bonds. The van der Waals surface area contributed by atoms with Gasteiger partial charge in [-0.2, -0.15) is 0 Å². The minimum absolute atomic E-state index is 0.00805. The zero-order valence-corrected chi connectivity index (χ0v) is 19.1. The molecular weight excluding hydrogens is 428 g/mol. The molecule has 0 spiro atoms. The Morgan fingerprint density at radius 2 is 1.90 bits per heavy atom. The molecule has 162 valence electrons. The minimum atomic E-state index is -0.103. The summed E-state index contributed by atoms with van der Waals surface area (Å²) in [5.41, 5.74) is 2.11. The maximum atomic E-state index is 12.7. The molecule has 0 aliphatic carbocycles. The average Bonchev–Trinajstić information content (AvgIpc) is 3.03. The lowest BCUT2D eigenvalue weighted by Crippen LogP contribution is -2.31. The summed E-state index contributed by atoms with van der Waals surface area (Å²) >= 11 is 6.67. The molecule has 2 aromatic carbocycles. The van der Waals surface area contributed by atoms with Crippen molar-refractivity contribution in [1.82, 2.24) is 10.2 Å². The number of hydrogen-bond donors (Lipinski definition) is 1. The van der Waals surface area contributed by atoms with Crippen LogP contribution in [0.1, 0.15) is 30.9 Å². The van der Waals surface area contributed by atoms with E-state index in [4.69, 9.17) is 17.0 Å². The van der Waals surface area contributed by atoms with E-state index in [2.05, 4.69) is 5.32 Å². The summed E-state index contributed by atoms with van der Waals surface area (Å²) in [5.74, 6) is 0.689. The summed E-state index contributed by atoms with van der Waals surface area (Å²) in [5, 5.41) is 2.93. The van der Waals surface area contributed by atoms with Gasteiger partial charge in [-0.3, -0.25) is 14.5 Å². The first kappa shape index (κ1) is 23.0. The number of benzene rings is 2. The van der Waals surface area contributed by atoms with Crippen LogP contribution in [0.4, 0.5) is 0 Å². The van der Waals surface area contributed by atoms with Gasteiger partial charge in [0.2, 0.25) is 5.91 Å². The molecule has 1 fully saturated rings. The molecule has 0 saturated carbocycles. The first-order chi connectivity index (χ1) is 15.1. The molecule has 2 aromatic rings. The number of rotatable bonds is 10. The van der Waals surface area contributed by atoms with Crippen LogP contribution in [0.5, 0.6) is 5.75 Å². The Hall–Kier alpha value is -2.64. The predicted octanol–water partition coefficient (Wildman–Crippen LogP) is 4.43. The molecule has 1 saturated heterocycles. The van der Waals surface area contributed by atoms with Crippen molar-refractivity contribution in [1.29, 1.82) is 0 Å². The second-order valence-corrected chi connectivity index (χ2v) is 8.70. The number of amides is 2. The van der Waals surface area contributed by atoms with Crippen LogP contribution in [0.3, 0.4) is 0 Å². The average molecular weight is 455 g/mol. The summed E-state index contributed by atoms with van der Waals surface area (Å²) in [4.78, 5) is 27.0. The highest BCUT2D eigenvalue weighted by Crippen LogP contribution is 2.32. The van der Waals surface area contributed by atoms with E-state index in [1.807, 2.05) is 67.6 Å². The van der Waals surface area contributed by atoms with Gasteiger partial charge >= 0.3 is 0 Å². The van der Waals surface area contributed by atoms with Crippen molar-refractivity contribution in [3.8, 4) is 5.75 Å². The van der Waals surface area contributed by atoms with Gasteiger partial charge in [-0.05, 0) is 49.1 Å². The van der Waals surface area contributed by atoms with Crippen LogP contribution in [0.25, 0.3) is 6.08 Å². The van der Waals surface area contributed by atoms with Crippen LogP contribution in [0, 0.1) is 0 Å². The van der Waals surface area contributed by atoms with Gasteiger partial charge in [0, 0.05) is 19.5 Å². The number of nitrogens with one attached hydrogen (secondary N) is 1. The maximum Gasteiger partial charge on any atom is 0.266 e. The Bertz CT molecular complexity index is 943. The second-order valence-electron chi connectivity index (χ2n) is 7.02. The molecule has 0 atom stereocenters. The van der Waals surface area contributed by atoms with Gasteiger partial charge in [-0.1, -0.05) is 66.4 Å². The van der Waals surface area contributed by atoms with Crippen LogP contribution >= 0.6 is 24.0 Å². The first-order valence-corrected chi connectivity index (χ1v) is 11.6. The molecule has 7 heteroatoms. The van der Waals surface area contributed by atoms with Crippen LogP contribution < -0.4 is 10.1 Å². The third-order valence-corrected chi connectivity index (χ3v) is 6.10. The normalized spacial score (nSPS) is 14.9. The molecule has 0 unspecified atom stereocenters. The van der Waals surface area contributed by atoms with Crippen molar-refractivity contribution in [2.75, 3.05) is 19.7 Å². The van der Waals surface area contributed by atoms with E-state index in [1.54, 1.807) is 4.90 Å². The molecule has 0 bridgehead atoms. The van der Waals surface area contributed by atoms with E-state index in [9.17, 15) is 9.59 Å². The molecule has 31 heavy (non-hydrogen) atoms. The largest absolute Gasteiger partial charge is 0.494 e. The number of nitrogens with zero attached hydrogens (tertiary/aromatic N) is 1. The molecular formula is C24H26N2O3S2. The molecule has 5 nitrogen and oxygen atoms in total. The van der Waals surface area contributed by atoms with Gasteiger partial charge in [-0.15, -0.1) is 0 Å². The summed E-state index contributed by atoms with van der Waals surface area (Å²) < 4.78 is 5.98. The van der Waals surface area contributed by atoms with E-state index in [0.29, 0.717) is 41.8 Å².